The third-order valence-corrected chi connectivity index (χ3v) is 5.11. The minimum Gasteiger partial charge on any atom is -0.483 e. The number of carbonyl (C=O) groups excluding carboxylic acids is 1. The monoisotopic (exact) mass is 408 g/mol. The largest absolute Gasteiger partial charge is 0.483 e. The molecule has 1 N–H and O–H groups in total. The highest BCUT2D eigenvalue weighted by Gasteiger charge is 2.19. The summed E-state index contributed by atoms with van der Waals surface area (Å²) in [7, 11) is 0. The van der Waals surface area contributed by atoms with E-state index in [4.69, 9.17) is 4.74 Å². The molecule has 3 aromatic rings. The van der Waals surface area contributed by atoms with Crippen LogP contribution in [0.25, 0.3) is 0 Å². The third-order valence-electron chi connectivity index (χ3n) is 4.14. The van der Waals surface area contributed by atoms with Crippen LogP contribution in [0.3, 0.4) is 0 Å². The summed E-state index contributed by atoms with van der Waals surface area (Å²) in [6.07, 6.45) is 1.49. The number of rotatable bonds is 9. The van der Waals surface area contributed by atoms with Crippen molar-refractivity contribution in [2.24, 2.45) is 0 Å². The molecular formula is C22H24N4O2S. The van der Waals surface area contributed by atoms with Crippen LogP contribution in [0.4, 0.5) is 5.69 Å². The third kappa shape index (κ3) is 5.71. The number of amides is 1. The molecular weight excluding hydrogens is 384 g/mol. The zero-order valence-corrected chi connectivity index (χ0v) is 17.4. The second-order valence-electron chi connectivity index (χ2n) is 6.52. The molecule has 1 amide bonds. The maximum Gasteiger partial charge on any atom is 0.234 e. The number of para-hydroxylation sites is 1. The van der Waals surface area contributed by atoms with Gasteiger partial charge < -0.3 is 10.1 Å². The van der Waals surface area contributed by atoms with Gasteiger partial charge in [0.1, 0.15) is 5.75 Å². The molecule has 0 aliphatic carbocycles. The zero-order chi connectivity index (χ0) is 20.6. The van der Waals surface area contributed by atoms with Gasteiger partial charge in [-0.1, -0.05) is 53.7 Å². The van der Waals surface area contributed by atoms with Crippen LogP contribution in [0.15, 0.2) is 72.4 Å². The van der Waals surface area contributed by atoms with Crippen molar-refractivity contribution in [2.75, 3.05) is 11.1 Å². The second kappa shape index (κ2) is 9.93. The Morgan fingerprint density at radius 3 is 2.62 bits per heavy atom. The van der Waals surface area contributed by atoms with Gasteiger partial charge in [-0.3, -0.25) is 9.36 Å². The molecule has 29 heavy (non-hydrogen) atoms. The molecule has 3 rings (SSSR count). The van der Waals surface area contributed by atoms with Crippen molar-refractivity contribution in [1.29, 1.82) is 0 Å². The number of nitrogens with zero attached hydrogens (tertiary/aromatic N) is 3. The second-order valence-corrected chi connectivity index (χ2v) is 7.46. The molecule has 0 aliphatic rings. The van der Waals surface area contributed by atoms with Crippen molar-refractivity contribution in [3.63, 3.8) is 0 Å². The molecule has 6 nitrogen and oxygen atoms in total. The highest BCUT2D eigenvalue weighted by Crippen LogP contribution is 2.24. The summed E-state index contributed by atoms with van der Waals surface area (Å²) in [5, 5.41) is 12.1. The summed E-state index contributed by atoms with van der Waals surface area (Å²) in [5.74, 6) is 1.59. The van der Waals surface area contributed by atoms with Gasteiger partial charge in [0, 0.05) is 12.2 Å². The van der Waals surface area contributed by atoms with E-state index < -0.39 is 0 Å². The summed E-state index contributed by atoms with van der Waals surface area (Å²) in [4.78, 5) is 12.3. The van der Waals surface area contributed by atoms with Crippen molar-refractivity contribution in [3.8, 4) is 5.75 Å². The van der Waals surface area contributed by atoms with Crippen LogP contribution in [0, 0.1) is 6.92 Å². The molecule has 0 radical (unpaired) electrons. The standard InChI is InChI=1S/C22H24N4O2S/c1-4-14-26-21(17(3)28-19-8-6-5-7-9-19)24-25-22(26)29-15-20(27)23-18-12-10-16(2)11-13-18/h4-13,17H,1,14-15H2,2-3H3,(H,23,27). The molecule has 1 aromatic heterocycles. The van der Waals surface area contributed by atoms with Gasteiger partial charge >= 0.3 is 0 Å². The first-order valence-corrected chi connectivity index (χ1v) is 10.3. The molecule has 1 heterocycles. The van der Waals surface area contributed by atoms with E-state index in [1.165, 1.54) is 11.8 Å². The number of hydrogen-bond acceptors (Lipinski definition) is 5. The number of thioether (sulfide) groups is 1. The summed E-state index contributed by atoms with van der Waals surface area (Å²) < 4.78 is 7.89. The number of aryl methyl sites for hydroxylation is 1. The molecule has 0 fully saturated rings. The number of carbonyl (C=O) groups is 1. The Bertz CT molecular complexity index is 955. The Kier molecular flexibility index (Phi) is 7.08. The zero-order valence-electron chi connectivity index (χ0n) is 16.5. The van der Waals surface area contributed by atoms with Gasteiger partial charge in [0.05, 0.1) is 5.75 Å². The lowest BCUT2D eigenvalue weighted by atomic mass is 10.2. The topological polar surface area (TPSA) is 69.0 Å². The average molecular weight is 409 g/mol. The first kappa shape index (κ1) is 20.7. The van der Waals surface area contributed by atoms with Crippen LogP contribution in [0.2, 0.25) is 0 Å². The Labute approximate surface area is 175 Å². The molecule has 150 valence electrons. The predicted octanol–water partition coefficient (Wildman–Crippen LogP) is 4.64. The Morgan fingerprint density at radius 1 is 1.21 bits per heavy atom. The molecule has 1 atom stereocenters. The lowest BCUT2D eigenvalue weighted by Gasteiger charge is -2.15. The van der Waals surface area contributed by atoms with Gasteiger partial charge in [-0.2, -0.15) is 0 Å². The van der Waals surface area contributed by atoms with E-state index >= 15 is 0 Å². The highest BCUT2D eigenvalue weighted by atomic mass is 32.2. The van der Waals surface area contributed by atoms with Crippen LogP contribution in [-0.4, -0.2) is 26.4 Å². The minimum atomic E-state index is -0.291. The first-order valence-electron chi connectivity index (χ1n) is 9.32. The maximum absolute atomic E-state index is 12.3. The maximum atomic E-state index is 12.3. The lowest BCUT2D eigenvalue weighted by Crippen LogP contribution is -2.15. The fraction of sp³-hybridized carbons (Fsp3) is 0.227. The minimum absolute atomic E-state index is 0.0952. The number of anilines is 1. The van der Waals surface area contributed by atoms with Gasteiger partial charge in [0.2, 0.25) is 5.91 Å². The molecule has 0 saturated carbocycles. The lowest BCUT2D eigenvalue weighted by molar-refractivity contribution is -0.113. The SMILES string of the molecule is C=CCn1c(SCC(=O)Nc2ccc(C)cc2)nnc1C(C)Oc1ccccc1. The van der Waals surface area contributed by atoms with Crippen molar-refractivity contribution < 1.29 is 9.53 Å². The van der Waals surface area contributed by atoms with Gasteiger partial charge in [0.25, 0.3) is 0 Å². The number of ether oxygens (including phenoxy) is 1. The molecule has 0 aliphatic heterocycles. The predicted molar refractivity (Wildman–Crippen MR) is 116 cm³/mol. The van der Waals surface area contributed by atoms with Crippen molar-refractivity contribution in [2.45, 2.75) is 31.7 Å². The smallest absolute Gasteiger partial charge is 0.234 e. The van der Waals surface area contributed by atoms with E-state index in [9.17, 15) is 4.79 Å². The van der Waals surface area contributed by atoms with E-state index in [1.54, 1.807) is 6.08 Å². The van der Waals surface area contributed by atoms with Crippen LogP contribution in [0.1, 0.15) is 24.4 Å². The van der Waals surface area contributed by atoms with Gasteiger partial charge in [0.15, 0.2) is 17.1 Å². The Balaban J connectivity index is 1.65. The number of aromatic nitrogens is 3. The van der Waals surface area contributed by atoms with Crippen LogP contribution < -0.4 is 10.1 Å². The van der Waals surface area contributed by atoms with E-state index in [-0.39, 0.29) is 17.8 Å². The van der Waals surface area contributed by atoms with E-state index in [2.05, 4.69) is 22.1 Å². The van der Waals surface area contributed by atoms with Crippen LogP contribution in [0.5, 0.6) is 5.75 Å². The quantitative estimate of drug-likeness (QED) is 0.412. The molecule has 0 bridgehead atoms. The summed E-state index contributed by atoms with van der Waals surface area (Å²) >= 11 is 1.34. The van der Waals surface area contributed by atoms with Crippen LogP contribution >= 0.6 is 11.8 Å². The number of hydrogen-bond donors (Lipinski definition) is 1. The fourth-order valence-electron chi connectivity index (χ4n) is 2.73. The summed E-state index contributed by atoms with van der Waals surface area (Å²) in [6.45, 7) is 8.28. The highest BCUT2D eigenvalue weighted by molar-refractivity contribution is 7.99. The molecule has 2 aromatic carbocycles. The Hall–Kier alpha value is -3.06. The van der Waals surface area contributed by atoms with Crippen molar-refractivity contribution in [1.82, 2.24) is 14.8 Å². The average Bonchev–Trinajstić information content (AvgIpc) is 3.12. The molecule has 0 saturated heterocycles. The van der Waals surface area contributed by atoms with Crippen molar-refractivity contribution in [3.05, 3.63) is 78.6 Å². The number of nitrogens with one attached hydrogen (secondary N) is 1. The molecule has 1 unspecified atom stereocenters. The number of allylic oxidation sites excluding steroid dienone is 1. The summed E-state index contributed by atoms with van der Waals surface area (Å²) in [5.41, 5.74) is 1.92. The molecule has 0 spiro atoms. The van der Waals surface area contributed by atoms with Crippen molar-refractivity contribution >= 4 is 23.4 Å². The van der Waals surface area contributed by atoms with E-state index in [0.717, 1.165) is 17.0 Å². The molecule has 7 heteroatoms. The van der Waals surface area contributed by atoms with Gasteiger partial charge in [-0.05, 0) is 38.1 Å². The van der Waals surface area contributed by atoms with Gasteiger partial charge in [-0.15, -0.1) is 16.8 Å². The number of benzene rings is 2. The summed E-state index contributed by atoms with van der Waals surface area (Å²) in [6, 6.07) is 17.3. The fourth-order valence-corrected chi connectivity index (χ4v) is 3.48. The normalized spacial score (nSPS) is 11.7. The van der Waals surface area contributed by atoms with Crippen LogP contribution in [-0.2, 0) is 11.3 Å². The van der Waals surface area contributed by atoms with E-state index in [0.29, 0.717) is 17.5 Å². The Morgan fingerprint density at radius 2 is 1.93 bits per heavy atom. The first-order chi connectivity index (χ1) is 14.1. The van der Waals surface area contributed by atoms with Gasteiger partial charge in [-0.25, -0.2) is 0 Å². The van der Waals surface area contributed by atoms with E-state index in [1.807, 2.05) is 73.0 Å².